The van der Waals surface area contributed by atoms with Gasteiger partial charge in [-0.3, -0.25) is 4.79 Å². The number of halogens is 2. The molecule has 0 saturated heterocycles. The largest absolute Gasteiger partial charge is 0.320 e. The van der Waals surface area contributed by atoms with E-state index in [2.05, 4.69) is 15.6 Å². The number of nitrogens with zero attached hydrogens (tertiary/aromatic N) is 3. The lowest BCUT2D eigenvalue weighted by Gasteiger charge is -2.11. The van der Waals surface area contributed by atoms with Crippen LogP contribution in [0.4, 0.5) is 10.1 Å². The van der Waals surface area contributed by atoms with Gasteiger partial charge in [0, 0.05) is 16.3 Å². The van der Waals surface area contributed by atoms with E-state index in [4.69, 9.17) is 11.6 Å². The molecule has 3 rings (SSSR count). The van der Waals surface area contributed by atoms with E-state index < -0.39 is 0 Å². The van der Waals surface area contributed by atoms with E-state index in [1.165, 1.54) is 12.1 Å². The number of benzene rings is 2. The zero-order valence-corrected chi connectivity index (χ0v) is 16.4. The van der Waals surface area contributed by atoms with Crippen LogP contribution in [0.5, 0.6) is 0 Å². The fourth-order valence-electron chi connectivity index (χ4n) is 2.53. The average molecular weight is 405 g/mol. The van der Waals surface area contributed by atoms with Gasteiger partial charge in [0.2, 0.25) is 0 Å². The summed E-state index contributed by atoms with van der Waals surface area (Å²) in [7, 11) is 0. The van der Waals surface area contributed by atoms with Crippen LogP contribution in [0.3, 0.4) is 0 Å². The summed E-state index contributed by atoms with van der Waals surface area (Å²) in [6.45, 7) is 3.86. The molecule has 0 aliphatic carbocycles. The second-order valence-electron chi connectivity index (χ2n) is 5.78. The molecule has 2 aromatic carbocycles. The summed E-state index contributed by atoms with van der Waals surface area (Å²) in [5, 5.41) is 11.7. The zero-order valence-electron chi connectivity index (χ0n) is 14.9. The van der Waals surface area contributed by atoms with Crippen LogP contribution in [-0.2, 0) is 5.88 Å². The molecule has 0 aliphatic heterocycles. The first-order chi connectivity index (χ1) is 13.0. The Morgan fingerprint density at radius 1 is 1.26 bits per heavy atom. The lowest BCUT2D eigenvalue weighted by atomic mass is 10.1. The Balaban J connectivity index is 2.00. The number of nitrogens with one attached hydrogen (secondary N) is 1. The molecule has 1 heterocycles. The van der Waals surface area contributed by atoms with Gasteiger partial charge in [0.05, 0.1) is 5.88 Å². The Bertz CT molecular complexity index is 959. The second kappa shape index (κ2) is 8.54. The normalized spacial score (nSPS) is 10.8. The predicted octanol–water partition coefficient (Wildman–Crippen LogP) is 5.01. The summed E-state index contributed by atoms with van der Waals surface area (Å²) in [6, 6.07) is 11.1. The maximum absolute atomic E-state index is 13.3. The molecular formula is C19H18ClFN4OS. The van der Waals surface area contributed by atoms with Crippen molar-refractivity contribution in [1.82, 2.24) is 15.0 Å². The monoisotopic (exact) mass is 404 g/mol. The Morgan fingerprint density at radius 2 is 2.00 bits per heavy atom. The molecule has 0 aliphatic rings. The molecular weight excluding hydrogens is 387 g/mol. The zero-order chi connectivity index (χ0) is 19.4. The fraction of sp³-hybridized carbons (Fsp3) is 0.211. The molecule has 1 amide bonds. The first-order valence-electron chi connectivity index (χ1n) is 8.35. The maximum Gasteiger partial charge on any atom is 0.276 e. The van der Waals surface area contributed by atoms with Crippen molar-refractivity contribution in [2.75, 3.05) is 11.1 Å². The third-order valence-corrected chi connectivity index (χ3v) is 5.25. The third kappa shape index (κ3) is 4.31. The highest BCUT2D eigenvalue weighted by Gasteiger charge is 2.22. The van der Waals surface area contributed by atoms with Gasteiger partial charge in [-0.1, -0.05) is 29.8 Å². The summed E-state index contributed by atoms with van der Waals surface area (Å²) < 4.78 is 14.8. The summed E-state index contributed by atoms with van der Waals surface area (Å²) in [6.07, 6.45) is 0. The Morgan fingerprint density at radius 3 is 2.70 bits per heavy atom. The van der Waals surface area contributed by atoms with Gasteiger partial charge in [-0.2, -0.15) is 0 Å². The van der Waals surface area contributed by atoms with Crippen molar-refractivity contribution in [3.8, 4) is 11.3 Å². The highest BCUT2D eigenvalue weighted by molar-refractivity contribution is 7.98. The van der Waals surface area contributed by atoms with Crippen LogP contribution in [0.15, 0.2) is 42.5 Å². The van der Waals surface area contributed by atoms with Crippen molar-refractivity contribution in [1.29, 1.82) is 0 Å². The number of hydrogen-bond acceptors (Lipinski definition) is 4. The molecule has 1 aromatic heterocycles. The van der Waals surface area contributed by atoms with Crippen LogP contribution in [0.1, 0.15) is 23.0 Å². The van der Waals surface area contributed by atoms with Gasteiger partial charge in [0.1, 0.15) is 11.5 Å². The lowest BCUT2D eigenvalue weighted by Crippen LogP contribution is -2.19. The number of rotatable bonds is 6. The summed E-state index contributed by atoms with van der Waals surface area (Å²) in [5.74, 6) is 0.664. The molecule has 8 heteroatoms. The van der Waals surface area contributed by atoms with Gasteiger partial charge in [0.15, 0.2) is 5.69 Å². The third-order valence-electron chi connectivity index (χ3n) is 4.00. The van der Waals surface area contributed by atoms with E-state index in [0.29, 0.717) is 33.5 Å². The van der Waals surface area contributed by atoms with Crippen molar-refractivity contribution in [3.05, 3.63) is 64.6 Å². The van der Waals surface area contributed by atoms with Crippen molar-refractivity contribution in [3.63, 3.8) is 0 Å². The molecule has 0 spiro atoms. The standard InChI is InChI=1S/C19H18ClFN4OS/c1-3-27-11-25-18(17(23-24-25)13-7-9-14(21)10-8-13)19(26)22-16-6-4-5-15(20)12(16)2/h4-10H,3,11H2,1-2H3,(H,22,26). The smallest absolute Gasteiger partial charge is 0.276 e. The molecule has 0 bridgehead atoms. The molecule has 1 N–H and O–H groups in total. The quantitative estimate of drug-likeness (QED) is 0.627. The molecule has 140 valence electrons. The number of hydrogen-bond donors (Lipinski definition) is 1. The number of amides is 1. The molecule has 0 fully saturated rings. The van der Waals surface area contributed by atoms with E-state index >= 15 is 0 Å². The molecule has 5 nitrogen and oxygen atoms in total. The van der Waals surface area contributed by atoms with Gasteiger partial charge in [-0.05, 0) is 54.6 Å². The highest BCUT2D eigenvalue weighted by atomic mass is 35.5. The highest BCUT2D eigenvalue weighted by Crippen LogP contribution is 2.26. The molecule has 0 atom stereocenters. The van der Waals surface area contributed by atoms with E-state index in [1.54, 1.807) is 46.8 Å². The lowest BCUT2D eigenvalue weighted by molar-refractivity contribution is 0.101. The van der Waals surface area contributed by atoms with E-state index in [-0.39, 0.29) is 11.7 Å². The topological polar surface area (TPSA) is 59.8 Å². The summed E-state index contributed by atoms with van der Waals surface area (Å²) in [4.78, 5) is 13.0. The number of thioether (sulfide) groups is 1. The molecule has 0 radical (unpaired) electrons. The van der Waals surface area contributed by atoms with Crippen LogP contribution in [-0.4, -0.2) is 26.7 Å². The molecule has 3 aromatic rings. The minimum atomic E-state index is -0.353. The van der Waals surface area contributed by atoms with Gasteiger partial charge < -0.3 is 5.32 Å². The van der Waals surface area contributed by atoms with Crippen LogP contribution in [0.25, 0.3) is 11.3 Å². The number of aromatic nitrogens is 3. The minimum absolute atomic E-state index is 0.321. The van der Waals surface area contributed by atoms with Crippen LogP contribution < -0.4 is 5.32 Å². The Labute approximate surface area is 165 Å². The van der Waals surface area contributed by atoms with Crippen LogP contribution >= 0.6 is 23.4 Å². The number of carbonyl (C=O) groups is 1. The van der Waals surface area contributed by atoms with Crippen LogP contribution in [0, 0.1) is 12.7 Å². The summed E-state index contributed by atoms with van der Waals surface area (Å²) in [5.41, 5.74) is 2.74. The van der Waals surface area contributed by atoms with Gasteiger partial charge in [0.25, 0.3) is 5.91 Å². The number of anilines is 1. The van der Waals surface area contributed by atoms with E-state index in [0.717, 1.165) is 11.3 Å². The van der Waals surface area contributed by atoms with Crippen molar-refractivity contribution >= 4 is 35.0 Å². The summed E-state index contributed by atoms with van der Waals surface area (Å²) >= 11 is 7.76. The van der Waals surface area contributed by atoms with Gasteiger partial charge in [-0.25, -0.2) is 9.07 Å². The van der Waals surface area contributed by atoms with Crippen molar-refractivity contribution in [2.45, 2.75) is 19.7 Å². The molecule has 0 unspecified atom stereocenters. The molecule has 0 saturated carbocycles. The van der Waals surface area contributed by atoms with Crippen molar-refractivity contribution < 1.29 is 9.18 Å². The van der Waals surface area contributed by atoms with Gasteiger partial charge in [-0.15, -0.1) is 16.9 Å². The maximum atomic E-state index is 13.3. The second-order valence-corrected chi connectivity index (χ2v) is 7.43. The van der Waals surface area contributed by atoms with E-state index in [1.807, 2.05) is 13.8 Å². The SMILES string of the molecule is CCSCn1nnc(-c2ccc(F)cc2)c1C(=O)Nc1cccc(Cl)c1C. The van der Waals surface area contributed by atoms with Crippen molar-refractivity contribution in [2.24, 2.45) is 0 Å². The van der Waals surface area contributed by atoms with Gasteiger partial charge >= 0.3 is 0 Å². The fourth-order valence-corrected chi connectivity index (χ4v) is 3.24. The minimum Gasteiger partial charge on any atom is -0.320 e. The first kappa shape index (κ1) is 19.4. The Kier molecular flexibility index (Phi) is 6.13. The van der Waals surface area contributed by atoms with E-state index in [9.17, 15) is 9.18 Å². The average Bonchev–Trinajstić information content (AvgIpc) is 3.08. The first-order valence-corrected chi connectivity index (χ1v) is 9.88. The molecule has 27 heavy (non-hydrogen) atoms. The Hall–Kier alpha value is -2.38. The number of carbonyl (C=O) groups excluding carboxylic acids is 1. The van der Waals surface area contributed by atoms with Crippen LogP contribution in [0.2, 0.25) is 5.02 Å². The predicted molar refractivity (Wildman–Crippen MR) is 108 cm³/mol.